The van der Waals surface area contributed by atoms with Crippen LogP contribution in [0.1, 0.15) is 42.4 Å². The molecule has 6 heteroatoms. The number of hydrogen-bond acceptors (Lipinski definition) is 5. The van der Waals surface area contributed by atoms with Crippen LogP contribution in [0.15, 0.2) is 36.5 Å². The van der Waals surface area contributed by atoms with E-state index in [-0.39, 0.29) is 18.2 Å². The van der Waals surface area contributed by atoms with Gasteiger partial charge in [-0.05, 0) is 39.8 Å². The Labute approximate surface area is 141 Å². The molecule has 0 aliphatic carbocycles. The summed E-state index contributed by atoms with van der Waals surface area (Å²) in [5.41, 5.74) is 1.58. The second kappa shape index (κ2) is 7.21. The monoisotopic (exact) mass is 327 g/mol. The minimum Gasteiger partial charge on any atom is -0.444 e. The van der Waals surface area contributed by atoms with Gasteiger partial charge in [-0.3, -0.25) is 10.1 Å². The Morgan fingerprint density at radius 1 is 1.21 bits per heavy atom. The van der Waals surface area contributed by atoms with Crippen molar-refractivity contribution in [3.63, 3.8) is 0 Å². The van der Waals surface area contributed by atoms with Crippen molar-refractivity contribution >= 4 is 17.8 Å². The highest BCUT2D eigenvalue weighted by molar-refractivity contribution is 5.97. The molecule has 1 heterocycles. The van der Waals surface area contributed by atoms with E-state index < -0.39 is 11.7 Å². The number of Topliss-reactive ketones (excluding diaryl/α,β-unsaturated/α-hetero) is 1. The minimum atomic E-state index is -0.635. The van der Waals surface area contributed by atoms with Crippen molar-refractivity contribution in [3.8, 4) is 0 Å². The van der Waals surface area contributed by atoms with Gasteiger partial charge >= 0.3 is 6.09 Å². The molecule has 0 saturated carbocycles. The van der Waals surface area contributed by atoms with Crippen molar-refractivity contribution < 1.29 is 14.3 Å². The third-order valence-electron chi connectivity index (χ3n) is 3.01. The fourth-order valence-corrected chi connectivity index (χ4v) is 2.03. The highest BCUT2D eigenvalue weighted by Gasteiger charge is 2.17. The lowest BCUT2D eigenvalue weighted by Gasteiger charge is -2.19. The molecule has 0 fully saturated rings. The molecule has 0 saturated heterocycles. The van der Waals surface area contributed by atoms with Gasteiger partial charge in [-0.1, -0.05) is 23.8 Å². The summed E-state index contributed by atoms with van der Waals surface area (Å²) in [6.45, 7) is 7.24. The summed E-state index contributed by atoms with van der Waals surface area (Å²) in [7, 11) is 0. The summed E-state index contributed by atoms with van der Waals surface area (Å²) in [6.07, 6.45) is 0.998. The Morgan fingerprint density at radius 3 is 2.62 bits per heavy atom. The average molecular weight is 327 g/mol. The Bertz CT molecular complexity index is 751. The first-order valence-electron chi connectivity index (χ1n) is 7.65. The van der Waals surface area contributed by atoms with E-state index in [0.717, 1.165) is 5.56 Å². The zero-order valence-corrected chi connectivity index (χ0v) is 14.3. The van der Waals surface area contributed by atoms with E-state index in [9.17, 15) is 9.59 Å². The number of hydrogen-bond donors (Lipinski definition) is 1. The van der Waals surface area contributed by atoms with E-state index in [0.29, 0.717) is 11.3 Å². The van der Waals surface area contributed by atoms with Gasteiger partial charge in [0.1, 0.15) is 5.60 Å². The zero-order chi connectivity index (χ0) is 17.7. The molecule has 2 rings (SSSR count). The summed E-state index contributed by atoms with van der Waals surface area (Å²) in [5.74, 6) is 0.0689. The van der Waals surface area contributed by atoms with Crippen LogP contribution in [-0.4, -0.2) is 27.4 Å². The number of rotatable bonds is 4. The van der Waals surface area contributed by atoms with Crippen molar-refractivity contribution in [2.75, 3.05) is 5.32 Å². The van der Waals surface area contributed by atoms with Gasteiger partial charge in [0.05, 0.1) is 12.1 Å². The summed E-state index contributed by atoms with van der Waals surface area (Å²) in [5, 5.41) is 2.47. The Kier molecular flexibility index (Phi) is 5.28. The number of aryl methyl sites for hydroxylation is 1. The molecule has 0 aliphatic rings. The van der Waals surface area contributed by atoms with Crippen LogP contribution >= 0.6 is 0 Å². The molecule has 0 unspecified atom stereocenters. The summed E-state index contributed by atoms with van der Waals surface area (Å²) >= 11 is 0. The van der Waals surface area contributed by atoms with Crippen LogP contribution in [0.25, 0.3) is 0 Å². The van der Waals surface area contributed by atoms with Crippen molar-refractivity contribution in [3.05, 3.63) is 53.3 Å². The molecule has 1 amide bonds. The first-order valence-corrected chi connectivity index (χ1v) is 7.65. The van der Waals surface area contributed by atoms with Crippen molar-refractivity contribution in [1.29, 1.82) is 0 Å². The predicted molar refractivity (Wildman–Crippen MR) is 91.1 cm³/mol. The van der Waals surface area contributed by atoms with E-state index >= 15 is 0 Å². The second-order valence-electron chi connectivity index (χ2n) is 6.47. The molecule has 0 aliphatic heterocycles. The number of ether oxygens (including phenoxy) is 1. The molecule has 0 atom stereocenters. The molecular formula is C18H21N3O3. The van der Waals surface area contributed by atoms with Gasteiger partial charge in [0.2, 0.25) is 5.95 Å². The van der Waals surface area contributed by atoms with Gasteiger partial charge < -0.3 is 4.74 Å². The molecule has 1 aromatic heterocycles. The van der Waals surface area contributed by atoms with Gasteiger partial charge in [0.25, 0.3) is 0 Å². The third-order valence-corrected chi connectivity index (χ3v) is 3.01. The fraction of sp³-hybridized carbons (Fsp3) is 0.333. The van der Waals surface area contributed by atoms with Crippen LogP contribution in [0.4, 0.5) is 10.7 Å². The first-order chi connectivity index (χ1) is 11.2. The molecule has 0 bridgehead atoms. The lowest BCUT2D eigenvalue weighted by molar-refractivity contribution is 0.0634. The van der Waals surface area contributed by atoms with Crippen LogP contribution < -0.4 is 5.32 Å². The smallest absolute Gasteiger partial charge is 0.414 e. The first kappa shape index (κ1) is 17.6. The van der Waals surface area contributed by atoms with Crippen molar-refractivity contribution in [2.24, 2.45) is 0 Å². The maximum absolute atomic E-state index is 12.3. The normalized spacial score (nSPS) is 11.0. The number of anilines is 1. The molecule has 1 aromatic carbocycles. The van der Waals surface area contributed by atoms with E-state index in [4.69, 9.17) is 4.74 Å². The Hall–Kier alpha value is -2.76. The second-order valence-corrected chi connectivity index (χ2v) is 6.47. The highest BCUT2D eigenvalue weighted by Crippen LogP contribution is 2.11. The van der Waals surface area contributed by atoms with E-state index in [1.54, 1.807) is 32.9 Å². The summed E-state index contributed by atoms with van der Waals surface area (Å²) < 4.78 is 5.15. The van der Waals surface area contributed by atoms with E-state index in [2.05, 4.69) is 15.3 Å². The third kappa shape index (κ3) is 5.46. The number of benzene rings is 1. The number of amides is 1. The molecule has 126 valence electrons. The lowest BCUT2D eigenvalue weighted by Crippen LogP contribution is -2.27. The predicted octanol–water partition coefficient (Wildman–Crippen LogP) is 3.56. The van der Waals surface area contributed by atoms with Crippen LogP contribution in [0.2, 0.25) is 0 Å². The molecular weight excluding hydrogens is 306 g/mol. The average Bonchev–Trinajstić information content (AvgIpc) is 2.45. The molecule has 0 spiro atoms. The Balaban J connectivity index is 2.05. The van der Waals surface area contributed by atoms with Crippen LogP contribution in [0, 0.1) is 6.92 Å². The maximum atomic E-state index is 12.3. The number of carbonyl (C=O) groups excluding carboxylic acids is 2. The summed E-state index contributed by atoms with van der Waals surface area (Å²) in [6, 6.07) is 9.04. The van der Waals surface area contributed by atoms with Gasteiger partial charge in [-0.2, -0.15) is 0 Å². The zero-order valence-electron chi connectivity index (χ0n) is 14.3. The highest BCUT2D eigenvalue weighted by atomic mass is 16.6. The topological polar surface area (TPSA) is 81.2 Å². The van der Waals surface area contributed by atoms with Crippen molar-refractivity contribution in [2.45, 2.75) is 39.7 Å². The molecule has 24 heavy (non-hydrogen) atoms. The number of nitrogens with one attached hydrogen (secondary N) is 1. The standard InChI is InChI=1S/C18H21N3O3/c1-12-6-5-7-13(10-12)15(22)11-14-8-9-19-16(20-14)21-17(23)24-18(2,3)4/h5-10H,11H2,1-4H3,(H,19,20,21,23). The van der Waals surface area contributed by atoms with E-state index in [1.165, 1.54) is 6.20 Å². The van der Waals surface area contributed by atoms with E-state index in [1.807, 2.05) is 25.1 Å². The van der Waals surface area contributed by atoms with Crippen LogP contribution in [0.3, 0.4) is 0 Å². The lowest BCUT2D eigenvalue weighted by atomic mass is 10.0. The molecule has 0 radical (unpaired) electrons. The van der Waals surface area contributed by atoms with Gasteiger partial charge in [-0.25, -0.2) is 14.8 Å². The molecule has 1 N–H and O–H groups in total. The number of carbonyl (C=O) groups is 2. The Morgan fingerprint density at radius 2 is 1.96 bits per heavy atom. The van der Waals surface area contributed by atoms with Crippen molar-refractivity contribution in [1.82, 2.24) is 9.97 Å². The number of aromatic nitrogens is 2. The molecule has 6 nitrogen and oxygen atoms in total. The number of ketones is 1. The fourth-order valence-electron chi connectivity index (χ4n) is 2.03. The van der Waals surface area contributed by atoms with Gasteiger partial charge in [0.15, 0.2) is 5.78 Å². The van der Waals surface area contributed by atoms with Gasteiger partial charge in [0, 0.05) is 11.8 Å². The SMILES string of the molecule is Cc1cccc(C(=O)Cc2ccnc(NC(=O)OC(C)(C)C)n2)c1. The minimum absolute atomic E-state index is 0.0411. The van der Waals surface area contributed by atoms with Crippen LogP contribution in [0.5, 0.6) is 0 Å². The molecule has 2 aromatic rings. The maximum Gasteiger partial charge on any atom is 0.414 e. The largest absolute Gasteiger partial charge is 0.444 e. The quantitative estimate of drug-likeness (QED) is 0.868. The van der Waals surface area contributed by atoms with Crippen LogP contribution in [-0.2, 0) is 11.2 Å². The van der Waals surface area contributed by atoms with Gasteiger partial charge in [-0.15, -0.1) is 0 Å². The number of nitrogens with zero attached hydrogens (tertiary/aromatic N) is 2. The summed E-state index contributed by atoms with van der Waals surface area (Å²) in [4.78, 5) is 32.2.